The number of hydrogen-bond acceptors (Lipinski definition) is 4. The summed E-state index contributed by atoms with van der Waals surface area (Å²) in [5, 5.41) is -0.0333. The van der Waals surface area contributed by atoms with Crippen LogP contribution in [0.2, 0.25) is 5.02 Å². The second kappa shape index (κ2) is 3.53. The molecule has 0 amide bonds. The summed E-state index contributed by atoms with van der Waals surface area (Å²) in [6.07, 6.45) is 0. The fourth-order valence-corrected chi connectivity index (χ4v) is 3.59. The Kier molecular flexibility index (Phi) is 2.60. The summed E-state index contributed by atoms with van der Waals surface area (Å²) < 4.78 is 32.3. The molecular formula is C7H4ClNO3S3. The van der Waals surface area contributed by atoms with Gasteiger partial charge in [-0.1, -0.05) is 11.6 Å². The Balaban J connectivity index is 3.04. The second-order valence-corrected chi connectivity index (χ2v) is 6.22. The van der Waals surface area contributed by atoms with Gasteiger partial charge in [0.2, 0.25) is 0 Å². The number of fused-ring (bicyclic) bond motifs is 1. The van der Waals surface area contributed by atoms with Crippen LogP contribution in [0.5, 0.6) is 0 Å². The van der Waals surface area contributed by atoms with Crippen molar-refractivity contribution in [3.63, 3.8) is 0 Å². The molecular weight excluding hydrogens is 278 g/mol. The average molecular weight is 282 g/mol. The molecule has 2 N–H and O–H groups in total. The van der Waals surface area contributed by atoms with E-state index < -0.39 is 10.1 Å². The molecule has 0 saturated carbocycles. The smallest absolute Gasteiger partial charge is 0.298 e. The van der Waals surface area contributed by atoms with E-state index >= 15 is 0 Å². The quantitative estimate of drug-likeness (QED) is 0.623. The summed E-state index contributed by atoms with van der Waals surface area (Å²) >= 11 is 11.8. The van der Waals surface area contributed by atoms with Crippen molar-refractivity contribution in [3.05, 3.63) is 21.1 Å². The monoisotopic (exact) mass is 281 g/mol. The van der Waals surface area contributed by atoms with Crippen LogP contribution in [0.3, 0.4) is 0 Å². The summed E-state index contributed by atoms with van der Waals surface area (Å²) in [6.45, 7) is 0. The van der Waals surface area contributed by atoms with Crippen LogP contribution in [0.4, 0.5) is 0 Å². The molecule has 4 nitrogen and oxygen atoms in total. The summed E-state index contributed by atoms with van der Waals surface area (Å²) in [7, 11) is -4.35. The van der Waals surface area contributed by atoms with Gasteiger partial charge in [-0.3, -0.25) is 4.55 Å². The van der Waals surface area contributed by atoms with Gasteiger partial charge < -0.3 is 4.98 Å². The van der Waals surface area contributed by atoms with Crippen molar-refractivity contribution in [1.82, 2.24) is 4.98 Å². The number of H-pyrrole nitrogens is 1. The molecule has 1 heterocycles. The standard InChI is InChI=1S/C7H4ClNO3S3/c8-3-1-2-4-5(9-7(13)14-4)6(3)15(10,11)12/h1-2H,(H,9,13)(H,10,11,12). The predicted molar refractivity (Wildman–Crippen MR) is 61.8 cm³/mol. The largest absolute Gasteiger partial charge is 0.336 e. The molecule has 80 valence electrons. The fourth-order valence-electron chi connectivity index (χ4n) is 1.22. The highest BCUT2D eigenvalue weighted by molar-refractivity contribution is 7.86. The Bertz CT molecular complexity index is 685. The minimum absolute atomic E-state index is 0.0333. The van der Waals surface area contributed by atoms with Crippen molar-refractivity contribution < 1.29 is 13.0 Å². The lowest BCUT2D eigenvalue weighted by atomic mass is 10.3. The Morgan fingerprint density at radius 2 is 2.13 bits per heavy atom. The van der Waals surface area contributed by atoms with E-state index in [9.17, 15) is 8.42 Å². The lowest BCUT2D eigenvalue weighted by Gasteiger charge is -2.01. The van der Waals surface area contributed by atoms with Crippen molar-refractivity contribution in [1.29, 1.82) is 0 Å². The van der Waals surface area contributed by atoms with Crippen LogP contribution in [0, 0.1) is 3.95 Å². The van der Waals surface area contributed by atoms with E-state index in [0.717, 1.165) is 0 Å². The van der Waals surface area contributed by atoms with Crippen LogP contribution in [-0.2, 0) is 10.1 Å². The average Bonchev–Trinajstić information content (AvgIpc) is 2.41. The zero-order valence-corrected chi connectivity index (χ0v) is 10.2. The van der Waals surface area contributed by atoms with E-state index in [4.69, 9.17) is 28.4 Å². The first-order valence-electron chi connectivity index (χ1n) is 3.68. The van der Waals surface area contributed by atoms with Crippen LogP contribution >= 0.6 is 35.2 Å². The first-order chi connectivity index (χ1) is 6.89. The molecule has 0 saturated heterocycles. The molecule has 0 radical (unpaired) electrons. The zero-order chi connectivity index (χ0) is 11.2. The zero-order valence-electron chi connectivity index (χ0n) is 7.02. The third kappa shape index (κ3) is 1.93. The van der Waals surface area contributed by atoms with Gasteiger partial charge in [0.05, 0.1) is 15.2 Å². The van der Waals surface area contributed by atoms with Crippen LogP contribution in [0.25, 0.3) is 10.2 Å². The number of thiazole rings is 1. The molecule has 0 spiro atoms. The van der Waals surface area contributed by atoms with Gasteiger partial charge >= 0.3 is 0 Å². The van der Waals surface area contributed by atoms with E-state index in [-0.39, 0.29) is 15.4 Å². The van der Waals surface area contributed by atoms with E-state index in [0.29, 0.717) is 8.65 Å². The molecule has 0 bridgehead atoms. The van der Waals surface area contributed by atoms with Gasteiger partial charge in [-0.2, -0.15) is 8.42 Å². The number of benzene rings is 1. The number of nitrogens with one attached hydrogen (secondary N) is 1. The molecule has 0 aliphatic heterocycles. The van der Waals surface area contributed by atoms with E-state index in [1.807, 2.05) is 0 Å². The summed E-state index contributed by atoms with van der Waals surface area (Å²) in [5.41, 5.74) is 0.250. The maximum atomic E-state index is 11.1. The van der Waals surface area contributed by atoms with Gasteiger partial charge in [0.25, 0.3) is 10.1 Å². The first-order valence-corrected chi connectivity index (χ1v) is 6.72. The van der Waals surface area contributed by atoms with Crippen molar-refractivity contribution in [2.75, 3.05) is 0 Å². The van der Waals surface area contributed by atoms with Gasteiger partial charge in [-0.15, -0.1) is 11.3 Å². The minimum Gasteiger partial charge on any atom is -0.336 e. The highest BCUT2D eigenvalue weighted by Crippen LogP contribution is 2.31. The van der Waals surface area contributed by atoms with Gasteiger partial charge in [0, 0.05) is 0 Å². The number of aromatic amines is 1. The predicted octanol–water partition coefficient (Wildman–Crippen LogP) is 2.86. The van der Waals surface area contributed by atoms with Crippen LogP contribution in [-0.4, -0.2) is 18.0 Å². The third-order valence-corrected chi connectivity index (χ3v) is 4.33. The van der Waals surface area contributed by atoms with Crippen LogP contribution in [0.15, 0.2) is 17.0 Å². The summed E-state index contributed by atoms with van der Waals surface area (Å²) in [5.74, 6) is 0. The van der Waals surface area contributed by atoms with Crippen LogP contribution in [0.1, 0.15) is 0 Å². The molecule has 0 fully saturated rings. The SMILES string of the molecule is O=S(=O)(O)c1c(Cl)ccc2sc(=S)[nH]c12. The second-order valence-electron chi connectivity index (χ2n) is 2.74. The molecule has 0 aliphatic carbocycles. The topological polar surface area (TPSA) is 70.2 Å². The lowest BCUT2D eigenvalue weighted by Crippen LogP contribution is -2.00. The van der Waals surface area contributed by atoms with E-state index in [2.05, 4.69) is 4.98 Å². The van der Waals surface area contributed by atoms with Crippen molar-refractivity contribution in [3.8, 4) is 0 Å². The normalized spacial score (nSPS) is 12.1. The Hall–Kier alpha value is -0.470. The van der Waals surface area contributed by atoms with Gasteiger partial charge in [0.1, 0.15) is 4.90 Å². The molecule has 2 aromatic rings. The third-order valence-electron chi connectivity index (χ3n) is 1.76. The molecule has 0 atom stereocenters. The highest BCUT2D eigenvalue weighted by Gasteiger charge is 2.19. The lowest BCUT2D eigenvalue weighted by molar-refractivity contribution is 0.484. The first kappa shape index (κ1) is 11.0. The Labute approximate surface area is 99.3 Å². The molecule has 1 aromatic heterocycles. The number of aromatic nitrogens is 1. The maximum Gasteiger partial charge on any atom is 0.298 e. The maximum absolute atomic E-state index is 11.1. The Morgan fingerprint density at radius 3 is 2.73 bits per heavy atom. The molecule has 1 aromatic carbocycles. The van der Waals surface area contributed by atoms with Crippen molar-refractivity contribution >= 4 is 55.5 Å². The molecule has 0 aliphatic rings. The molecule has 8 heteroatoms. The van der Waals surface area contributed by atoms with E-state index in [1.54, 1.807) is 6.07 Å². The highest BCUT2D eigenvalue weighted by atomic mass is 35.5. The molecule has 2 rings (SSSR count). The number of halogens is 1. The number of rotatable bonds is 1. The van der Waals surface area contributed by atoms with Crippen molar-refractivity contribution in [2.45, 2.75) is 4.90 Å². The van der Waals surface area contributed by atoms with Gasteiger partial charge in [0.15, 0.2) is 3.95 Å². The van der Waals surface area contributed by atoms with E-state index in [1.165, 1.54) is 17.4 Å². The Morgan fingerprint density at radius 1 is 1.47 bits per heavy atom. The van der Waals surface area contributed by atoms with Gasteiger partial charge in [-0.25, -0.2) is 0 Å². The van der Waals surface area contributed by atoms with Crippen LogP contribution < -0.4 is 0 Å². The number of hydrogen-bond donors (Lipinski definition) is 2. The summed E-state index contributed by atoms with van der Waals surface area (Å²) in [6, 6.07) is 3.05. The van der Waals surface area contributed by atoms with Gasteiger partial charge in [-0.05, 0) is 24.4 Å². The molecule has 0 unspecified atom stereocenters. The van der Waals surface area contributed by atoms with Crippen molar-refractivity contribution in [2.24, 2.45) is 0 Å². The fraction of sp³-hybridized carbons (Fsp3) is 0. The summed E-state index contributed by atoms with van der Waals surface area (Å²) in [4.78, 5) is 2.36. The molecule has 15 heavy (non-hydrogen) atoms. The minimum atomic E-state index is -4.35.